The molecule has 2 N–H and O–H groups in total. The lowest BCUT2D eigenvalue weighted by molar-refractivity contribution is -0.140. The lowest BCUT2D eigenvalue weighted by Gasteiger charge is -2.13. The molecule has 0 saturated carbocycles. The molecular formula is C16H17F2N3O3. The Kier molecular flexibility index (Phi) is 5.28. The first-order chi connectivity index (χ1) is 11.3. The minimum Gasteiger partial charge on any atom is -0.480 e. The Bertz CT molecular complexity index is 759. The molecule has 6 nitrogen and oxygen atoms in total. The molecule has 2 rings (SSSR count). The molecule has 0 bridgehead atoms. The molecule has 0 aliphatic rings. The van der Waals surface area contributed by atoms with Gasteiger partial charge in [0.25, 0.3) is 5.91 Å². The van der Waals surface area contributed by atoms with Crippen LogP contribution in [0.5, 0.6) is 0 Å². The highest BCUT2D eigenvalue weighted by molar-refractivity contribution is 5.97. The summed E-state index contributed by atoms with van der Waals surface area (Å²) in [5, 5.41) is 15.2. The number of nitrogens with zero attached hydrogens (tertiary/aromatic N) is 2. The fraction of sp³-hybridized carbons (Fsp3) is 0.312. The fourth-order valence-corrected chi connectivity index (χ4v) is 2.29. The van der Waals surface area contributed by atoms with E-state index in [9.17, 15) is 18.4 Å². The van der Waals surface area contributed by atoms with Crippen molar-refractivity contribution in [2.24, 2.45) is 0 Å². The van der Waals surface area contributed by atoms with Gasteiger partial charge >= 0.3 is 5.97 Å². The lowest BCUT2D eigenvalue weighted by Crippen LogP contribution is -2.42. The van der Waals surface area contributed by atoms with Crippen LogP contribution in [0.15, 0.2) is 30.5 Å². The zero-order valence-corrected chi connectivity index (χ0v) is 13.2. The molecule has 1 aromatic carbocycles. The Morgan fingerprint density at radius 2 is 2.04 bits per heavy atom. The minimum atomic E-state index is -2.83. The van der Waals surface area contributed by atoms with Crippen molar-refractivity contribution in [3.8, 4) is 5.69 Å². The number of alkyl halides is 2. The third kappa shape index (κ3) is 3.95. The monoisotopic (exact) mass is 337 g/mol. The summed E-state index contributed by atoms with van der Waals surface area (Å²) >= 11 is 0. The van der Waals surface area contributed by atoms with Crippen LogP contribution >= 0.6 is 0 Å². The van der Waals surface area contributed by atoms with E-state index in [1.54, 1.807) is 6.92 Å². The lowest BCUT2D eigenvalue weighted by atomic mass is 10.1. The van der Waals surface area contributed by atoms with Crippen LogP contribution < -0.4 is 5.32 Å². The number of aromatic nitrogens is 2. The van der Waals surface area contributed by atoms with E-state index in [1.807, 2.05) is 31.2 Å². The van der Waals surface area contributed by atoms with Crippen LogP contribution in [0.1, 0.15) is 28.0 Å². The Morgan fingerprint density at radius 3 is 2.62 bits per heavy atom. The number of amides is 1. The largest absolute Gasteiger partial charge is 0.480 e. The molecular weight excluding hydrogens is 320 g/mol. The number of halogens is 2. The molecule has 8 heteroatoms. The number of carboxylic acid groups (broad SMARTS) is 1. The Labute approximate surface area is 137 Å². The number of carboxylic acids is 1. The maximum Gasteiger partial charge on any atom is 0.326 e. The van der Waals surface area contributed by atoms with Gasteiger partial charge < -0.3 is 10.4 Å². The van der Waals surface area contributed by atoms with Gasteiger partial charge in [-0.25, -0.2) is 18.3 Å². The summed E-state index contributed by atoms with van der Waals surface area (Å²) in [7, 11) is 0. The van der Waals surface area contributed by atoms with Crippen LogP contribution in [0.3, 0.4) is 0 Å². The number of nitrogens with one attached hydrogen (secondary N) is 1. The molecule has 0 spiro atoms. The highest BCUT2D eigenvalue weighted by atomic mass is 19.3. The zero-order chi connectivity index (χ0) is 17.9. The van der Waals surface area contributed by atoms with Gasteiger partial charge in [-0.05, 0) is 31.5 Å². The summed E-state index contributed by atoms with van der Waals surface area (Å²) in [4.78, 5) is 23.2. The van der Waals surface area contributed by atoms with E-state index in [4.69, 9.17) is 5.11 Å². The average molecular weight is 337 g/mol. The quantitative estimate of drug-likeness (QED) is 0.847. The van der Waals surface area contributed by atoms with Crippen LogP contribution in [0.4, 0.5) is 8.78 Å². The van der Waals surface area contributed by atoms with Gasteiger partial charge in [0.1, 0.15) is 6.04 Å². The molecule has 0 aliphatic carbocycles. The summed E-state index contributed by atoms with van der Waals surface area (Å²) in [6.07, 6.45) is -2.50. The van der Waals surface area contributed by atoms with Crippen molar-refractivity contribution in [1.29, 1.82) is 0 Å². The summed E-state index contributed by atoms with van der Waals surface area (Å²) in [5.41, 5.74) is 2.38. The van der Waals surface area contributed by atoms with E-state index < -0.39 is 30.8 Å². The summed E-state index contributed by atoms with van der Waals surface area (Å²) < 4.78 is 26.4. The Hall–Kier alpha value is -2.77. The molecule has 1 atom stereocenters. The summed E-state index contributed by atoms with van der Waals surface area (Å²) in [6.45, 7) is 3.56. The molecule has 1 amide bonds. The van der Waals surface area contributed by atoms with E-state index in [0.717, 1.165) is 11.3 Å². The van der Waals surface area contributed by atoms with Crippen molar-refractivity contribution >= 4 is 11.9 Å². The number of aliphatic carboxylic acids is 1. The van der Waals surface area contributed by atoms with Crippen LogP contribution in [-0.2, 0) is 4.79 Å². The molecule has 0 radical (unpaired) electrons. The second-order valence-electron chi connectivity index (χ2n) is 5.39. The van der Waals surface area contributed by atoms with E-state index >= 15 is 0 Å². The molecule has 1 unspecified atom stereocenters. The van der Waals surface area contributed by atoms with Gasteiger partial charge in [-0.2, -0.15) is 5.10 Å². The maximum atomic E-state index is 12.4. The number of rotatable bonds is 6. The first kappa shape index (κ1) is 17.6. The van der Waals surface area contributed by atoms with E-state index in [0.29, 0.717) is 5.69 Å². The number of benzene rings is 1. The van der Waals surface area contributed by atoms with E-state index in [-0.39, 0.29) is 5.56 Å². The molecule has 1 heterocycles. The minimum absolute atomic E-state index is 0.136. The SMILES string of the molecule is Cc1cccc(-n2ncc(C(=O)NC(CC(F)F)C(=O)O)c2C)c1. The van der Waals surface area contributed by atoms with Gasteiger partial charge in [-0.3, -0.25) is 4.79 Å². The maximum absolute atomic E-state index is 12.4. The third-order valence-corrected chi connectivity index (χ3v) is 3.52. The first-order valence-corrected chi connectivity index (χ1v) is 7.23. The molecule has 24 heavy (non-hydrogen) atoms. The first-order valence-electron chi connectivity index (χ1n) is 7.23. The number of aryl methyl sites for hydroxylation is 1. The Balaban J connectivity index is 2.23. The fourth-order valence-electron chi connectivity index (χ4n) is 2.29. The van der Waals surface area contributed by atoms with Crippen LogP contribution in [0.2, 0.25) is 0 Å². The smallest absolute Gasteiger partial charge is 0.326 e. The van der Waals surface area contributed by atoms with Gasteiger partial charge in [0, 0.05) is 6.42 Å². The second kappa shape index (κ2) is 7.20. The third-order valence-electron chi connectivity index (χ3n) is 3.52. The molecule has 128 valence electrons. The van der Waals surface area contributed by atoms with Crippen LogP contribution in [-0.4, -0.2) is 39.2 Å². The predicted molar refractivity (Wildman–Crippen MR) is 82.5 cm³/mol. The van der Waals surface area contributed by atoms with Crippen LogP contribution in [0.25, 0.3) is 5.69 Å². The normalized spacial score (nSPS) is 12.2. The van der Waals surface area contributed by atoms with Gasteiger partial charge in [-0.15, -0.1) is 0 Å². The Morgan fingerprint density at radius 1 is 1.33 bits per heavy atom. The molecule has 0 saturated heterocycles. The predicted octanol–water partition coefficient (Wildman–Crippen LogP) is 2.33. The molecule has 2 aromatic rings. The van der Waals surface area contributed by atoms with E-state index in [2.05, 4.69) is 10.4 Å². The second-order valence-corrected chi connectivity index (χ2v) is 5.39. The van der Waals surface area contributed by atoms with Crippen molar-refractivity contribution in [3.63, 3.8) is 0 Å². The van der Waals surface area contributed by atoms with Gasteiger partial charge in [0.15, 0.2) is 0 Å². The van der Waals surface area contributed by atoms with Gasteiger partial charge in [-0.1, -0.05) is 12.1 Å². The number of hydrogen-bond donors (Lipinski definition) is 2. The van der Waals surface area contributed by atoms with Crippen molar-refractivity contribution in [1.82, 2.24) is 15.1 Å². The summed E-state index contributed by atoms with van der Waals surface area (Å²) in [5.74, 6) is -2.26. The summed E-state index contributed by atoms with van der Waals surface area (Å²) in [6, 6.07) is 5.79. The van der Waals surface area contributed by atoms with Crippen molar-refractivity contribution in [3.05, 3.63) is 47.3 Å². The zero-order valence-electron chi connectivity index (χ0n) is 13.2. The topological polar surface area (TPSA) is 84.2 Å². The standard InChI is InChI=1S/C16H17F2N3O3/c1-9-4-3-5-11(6-9)21-10(2)12(8-19-21)15(22)20-13(16(23)24)7-14(17)18/h3-6,8,13-14H,7H2,1-2H3,(H,20,22)(H,23,24). The van der Waals surface area contributed by atoms with Crippen molar-refractivity contribution < 1.29 is 23.5 Å². The van der Waals surface area contributed by atoms with Crippen molar-refractivity contribution in [2.45, 2.75) is 32.7 Å². The van der Waals surface area contributed by atoms with E-state index in [1.165, 1.54) is 10.9 Å². The molecule has 0 aliphatic heterocycles. The van der Waals surface area contributed by atoms with Crippen LogP contribution in [0, 0.1) is 13.8 Å². The van der Waals surface area contributed by atoms with Gasteiger partial charge in [0.05, 0.1) is 23.1 Å². The number of carbonyl (C=O) groups is 2. The number of carbonyl (C=O) groups excluding carboxylic acids is 1. The average Bonchev–Trinajstić information content (AvgIpc) is 2.87. The highest BCUT2D eigenvalue weighted by Gasteiger charge is 2.26. The number of hydrogen-bond acceptors (Lipinski definition) is 3. The molecule has 1 aromatic heterocycles. The highest BCUT2D eigenvalue weighted by Crippen LogP contribution is 2.16. The molecule has 0 fully saturated rings. The van der Waals surface area contributed by atoms with Gasteiger partial charge in [0.2, 0.25) is 6.43 Å². The van der Waals surface area contributed by atoms with Crippen molar-refractivity contribution in [2.75, 3.05) is 0 Å².